The van der Waals surface area contributed by atoms with E-state index in [0.717, 1.165) is 43.2 Å². The van der Waals surface area contributed by atoms with Crippen molar-refractivity contribution in [1.29, 1.82) is 0 Å². The van der Waals surface area contributed by atoms with E-state index in [-0.39, 0.29) is 59.2 Å². The van der Waals surface area contributed by atoms with Gasteiger partial charge >= 0.3 is 0 Å². The van der Waals surface area contributed by atoms with Gasteiger partial charge in [0.05, 0.1) is 34.4 Å². The van der Waals surface area contributed by atoms with Gasteiger partial charge in [-0.2, -0.15) is 0 Å². The predicted molar refractivity (Wildman–Crippen MR) is 188 cm³/mol. The van der Waals surface area contributed by atoms with Gasteiger partial charge in [0.15, 0.2) is 17.7 Å². The van der Waals surface area contributed by atoms with E-state index in [1.807, 2.05) is 0 Å². The van der Waals surface area contributed by atoms with Crippen LogP contribution >= 0.6 is 0 Å². The lowest BCUT2D eigenvalue weighted by atomic mass is 9.40. The second-order valence-corrected chi connectivity index (χ2v) is 20.5. The molecule has 0 amide bonds. The highest BCUT2D eigenvalue weighted by molar-refractivity contribution is 6.06. The predicted octanol–water partition coefficient (Wildman–Crippen LogP) is 6.08. The zero-order valence-electron chi connectivity index (χ0n) is 31.9. The minimum Gasteiger partial charge on any atom is -0.386 e. The first-order valence-electron chi connectivity index (χ1n) is 19.7. The second-order valence-electron chi connectivity index (χ2n) is 20.5. The van der Waals surface area contributed by atoms with Gasteiger partial charge in [0, 0.05) is 38.9 Å². The number of hydrogen-bond donors (Lipinski definition) is 2. The number of Topliss-reactive ketones (excluding diaryl/α,β-unsaturated/α-hetero) is 1. The lowest BCUT2D eigenvalue weighted by Gasteiger charge is -2.66. The van der Waals surface area contributed by atoms with Crippen LogP contribution in [0.4, 0.5) is 0 Å². The summed E-state index contributed by atoms with van der Waals surface area (Å²) in [5, 5.41) is 14.7. The zero-order valence-corrected chi connectivity index (χ0v) is 31.9. The lowest BCUT2D eigenvalue weighted by molar-refractivity contribution is -0.356. The Morgan fingerprint density at radius 3 is 2.22 bits per heavy atom. The lowest BCUT2D eigenvalue weighted by Crippen LogP contribution is -2.77. The molecule has 2 saturated carbocycles. The normalized spacial score (nSPS) is 51.3. The van der Waals surface area contributed by atoms with E-state index in [2.05, 4.69) is 86.4 Å². The van der Waals surface area contributed by atoms with Crippen molar-refractivity contribution >= 4 is 16.7 Å². The zero-order chi connectivity index (χ0) is 35.8. The van der Waals surface area contributed by atoms with Crippen LogP contribution in [0.1, 0.15) is 122 Å². The van der Waals surface area contributed by atoms with Crippen LogP contribution in [0, 0.1) is 23.2 Å². The Bertz CT molecular complexity index is 1940. The third kappa shape index (κ3) is 3.50. The number of nitrogens with one attached hydrogen (secondary N) is 1. The van der Waals surface area contributed by atoms with Crippen LogP contribution in [0.5, 0.6) is 0 Å². The topological polar surface area (TPSA) is 115 Å². The molecule has 1 aromatic carbocycles. The third-order valence-corrected chi connectivity index (χ3v) is 16.7. The first-order valence-corrected chi connectivity index (χ1v) is 19.7. The fourth-order valence-electron chi connectivity index (χ4n) is 14.1. The van der Waals surface area contributed by atoms with Gasteiger partial charge in [0.1, 0.15) is 30.0 Å². The molecule has 2 aromatic rings. The molecule has 11 rings (SSSR count). The number of epoxide rings is 2. The maximum Gasteiger partial charge on any atom is 0.187 e. The quantitative estimate of drug-likeness (QED) is 0.344. The molecule has 5 aliphatic heterocycles. The van der Waals surface area contributed by atoms with Gasteiger partial charge in [0.2, 0.25) is 0 Å². The van der Waals surface area contributed by atoms with E-state index in [1.54, 1.807) is 0 Å². The van der Waals surface area contributed by atoms with Crippen LogP contribution in [-0.4, -0.2) is 86.3 Å². The summed E-state index contributed by atoms with van der Waals surface area (Å²) in [5.74, 6) is 0.550. The average Bonchev–Trinajstić information content (AvgIpc) is 3.83. The molecule has 1 spiro atoms. The van der Waals surface area contributed by atoms with E-state index in [1.165, 1.54) is 22.2 Å². The number of hydrogen-bond acceptors (Lipinski definition) is 8. The molecule has 276 valence electrons. The van der Waals surface area contributed by atoms with Crippen molar-refractivity contribution in [2.75, 3.05) is 0 Å². The Hall–Kier alpha value is -1.85. The van der Waals surface area contributed by atoms with E-state index in [9.17, 15) is 9.90 Å². The number of carbonyl (C=O) groups is 1. The number of H-pyrrole nitrogens is 1. The van der Waals surface area contributed by atoms with E-state index < -0.39 is 39.7 Å². The summed E-state index contributed by atoms with van der Waals surface area (Å²) in [6.07, 6.45) is 3.08. The summed E-state index contributed by atoms with van der Waals surface area (Å²) >= 11 is 0. The summed E-state index contributed by atoms with van der Waals surface area (Å²) < 4.78 is 39.7. The monoisotopic (exact) mass is 701 g/mol. The highest BCUT2D eigenvalue weighted by Gasteiger charge is 2.87. The smallest absolute Gasteiger partial charge is 0.187 e. The standard InChI is InChI=1S/C42H55NO8/c1-35(2)23-18-21-20(28(44)27(23)36(3,4)51-35)11-12-24-26(21)22-17-19-13-16-41(45)39(9,40(19,10)30(22)43-24)15-14-25-42(41)32(49-42)29-31(46-25)37(5,6)50-34(47-29)33-38(7,8)48-33/h11-12,19,23,25,27,29,31-34,43,45H,13-18H2,1-10H3/t19-,23+,25-,27-,29+,31-,32+,33-,34-,39+,40+,41-,42-/m0/s1. The number of aromatic nitrogens is 1. The van der Waals surface area contributed by atoms with Crippen molar-refractivity contribution in [1.82, 2.24) is 4.98 Å². The van der Waals surface area contributed by atoms with Crippen molar-refractivity contribution in [2.45, 2.75) is 184 Å². The number of benzene rings is 1. The summed E-state index contributed by atoms with van der Waals surface area (Å²) in [6.45, 7) is 21.5. The number of aromatic amines is 1. The first kappa shape index (κ1) is 32.6. The van der Waals surface area contributed by atoms with Gasteiger partial charge in [0.25, 0.3) is 0 Å². The molecule has 9 nitrogen and oxygen atoms in total. The van der Waals surface area contributed by atoms with Crippen LogP contribution in [0.15, 0.2) is 12.1 Å². The van der Waals surface area contributed by atoms with Crippen LogP contribution in [0.2, 0.25) is 0 Å². The maximum atomic E-state index is 14.3. The molecule has 4 aliphatic carbocycles. The average molecular weight is 702 g/mol. The molecule has 1 aromatic heterocycles. The van der Waals surface area contributed by atoms with Gasteiger partial charge in [-0.25, -0.2) is 0 Å². The molecule has 9 heteroatoms. The number of carbonyl (C=O) groups excluding carboxylic acids is 1. The maximum absolute atomic E-state index is 14.3. The number of fused-ring (bicyclic) bond motifs is 12. The molecular weight excluding hydrogens is 646 g/mol. The Labute approximate surface area is 300 Å². The fourth-order valence-corrected chi connectivity index (χ4v) is 14.1. The number of ketones is 1. The number of rotatable bonds is 1. The van der Waals surface area contributed by atoms with Crippen molar-refractivity contribution in [3.63, 3.8) is 0 Å². The van der Waals surface area contributed by atoms with Crippen LogP contribution in [0.3, 0.4) is 0 Å². The van der Waals surface area contributed by atoms with Crippen molar-refractivity contribution in [3.8, 4) is 0 Å². The van der Waals surface area contributed by atoms with E-state index >= 15 is 0 Å². The molecule has 0 radical (unpaired) electrons. The highest BCUT2D eigenvalue weighted by atomic mass is 16.8. The van der Waals surface area contributed by atoms with E-state index in [4.69, 9.17) is 28.4 Å². The minimum absolute atomic E-state index is 0.119. The van der Waals surface area contributed by atoms with Crippen LogP contribution in [-0.2, 0) is 46.7 Å². The second kappa shape index (κ2) is 8.98. The van der Waals surface area contributed by atoms with Gasteiger partial charge in [-0.15, -0.1) is 0 Å². The summed E-state index contributed by atoms with van der Waals surface area (Å²) in [4.78, 5) is 18.3. The molecule has 0 bridgehead atoms. The molecular formula is C42H55NO8. The van der Waals surface area contributed by atoms with Gasteiger partial charge in [-0.3, -0.25) is 4.79 Å². The number of ether oxygens (including phenoxy) is 6. The largest absolute Gasteiger partial charge is 0.386 e. The van der Waals surface area contributed by atoms with Gasteiger partial charge < -0.3 is 38.5 Å². The Morgan fingerprint density at radius 1 is 0.765 bits per heavy atom. The van der Waals surface area contributed by atoms with Crippen molar-refractivity contribution in [2.24, 2.45) is 23.2 Å². The van der Waals surface area contributed by atoms with Crippen molar-refractivity contribution < 1.29 is 38.3 Å². The Kier molecular flexibility index (Phi) is 5.74. The molecule has 7 fully saturated rings. The Morgan fingerprint density at radius 2 is 1.49 bits per heavy atom. The minimum atomic E-state index is -1.13. The summed E-state index contributed by atoms with van der Waals surface area (Å²) in [6, 6.07) is 4.19. The third-order valence-electron chi connectivity index (χ3n) is 16.7. The molecule has 51 heavy (non-hydrogen) atoms. The number of aliphatic hydroxyl groups is 1. The van der Waals surface area contributed by atoms with Crippen LogP contribution in [0.25, 0.3) is 10.9 Å². The van der Waals surface area contributed by atoms with Crippen molar-refractivity contribution in [3.05, 3.63) is 34.5 Å². The van der Waals surface area contributed by atoms with Gasteiger partial charge in [-0.1, -0.05) is 13.8 Å². The Balaban J connectivity index is 0.995. The molecule has 6 heterocycles. The van der Waals surface area contributed by atoms with E-state index in [0.29, 0.717) is 12.3 Å². The summed E-state index contributed by atoms with van der Waals surface area (Å²) in [5.41, 5.74) is 1.15. The summed E-state index contributed by atoms with van der Waals surface area (Å²) in [7, 11) is 0. The SMILES string of the molecule is CC1(C)OC(C)(C)[C@@H]2C(=O)c3ccc4[nH]c5c(c4c3C[C@H]21)C[C@@H]1CC[C@@]2(O)[C@@]34O[C@@H]3[C@@H]3O[C@H]([C@@H]6OC6(C)C)OC(C)(C)[C@H]3O[C@H]4CC[C@]2(C)[C@@]51C. The highest BCUT2D eigenvalue weighted by Crippen LogP contribution is 2.75. The molecule has 5 saturated heterocycles. The van der Waals surface area contributed by atoms with Crippen LogP contribution < -0.4 is 0 Å². The first-order chi connectivity index (χ1) is 23.7. The molecule has 0 unspecified atom stereocenters. The molecule has 9 aliphatic rings. The molecule has 2 N–H and O–H groups in total. The molecule has 13 atom stereocenters. The van der Waals surface area contributed by atoms with Gasteiger partial charge in [-0.05, 0) is 123 Å². The fraction of sp³-hybridized carbons (Fsp3) is 0.786.